The zero-order valence-electron chi connectivity index (χ0n) is 10.8. The van der Waals surface area contributed by atoms with Crippen LogP contribution < -0.4 is 0 Å². The summed E-state index contributed by atoms with van der Waals surface area (Å²) < 4.78 is 4.52. The summed E-state index contributed by atoms with van der Waals surface area (Å²) in [6.07, 6.45) is 1.24. The SMILES string of the molecule is COC(=O)c1cnc(Sc2cccc(Cl)c2)c([N+](=O)[O-])c1. The minimum atomic E-state index is -0.676. The Balaban J connectivity index is 2.39. The van der Waals surface area contributed by atoms with Gasteiger partial charge in [0.05, 0.1) is 17.6 Å². The Kier molecular flexibility index (Phi) is 4.77. The molecular formula is C13H9ClN2O4S. The second kappa shape index (κ2) is 6.55. The summed E-state index contributed by atoms with van der Waals surface area (Å²) in [7, 11) is 1.20. The average molecular weight is 325 g/mol. The summed E-state index contributed by atoms with van der Waals surface area (Å²) in [5.41, 5.74) is -0.234. The Labute approximate surface area is 129 Å². The molecule has 0 amide bonds. The monoisotopic (exact) mass is 324 g/mol. The van der Waals surface area contributed by atoms with E-state index in [4.69, 9.17) is 11.6 Å². The lowest BCUT2D eigenvalue weighted by molar-refractivity contribution is -0.388. The second-order valence-corrected chi connectivity index (χ2v) is 5.36. The van der Waals surface area contributed by atoms with Crippen LogP contribution in [-0.2, 0) is 4.74 Å². The molecule has 0 unspecified atom stereocenters. The van der Waals surface area contributed by atoms with Gasteiger partial charge in [-0.1, -0.05) is 29.4 Å². The quantitative estimate of drug-likeness (QED) is 0.485. The maximum absolute atomic E-state index is 11.4. The number of pyridine rings is 1. The number of carbonyl (C=O) groups excluding carboxylic acids is 1. The lowest BCUT2D eigenvalue weighted by Gasteiger charge is -2.04. The topological polar surface area (TPSA) is 82.3 Å². The first-order valence-electron chi connectivity index (χ1n) is 5.67. The molecule has 2 rings (SSSR count). The number of halogens is 1. The van der Waals surface area contributed by atoms with E-state index in [-0.39, 0.29) is 16.3 Å². The maximum Gasteiger partial charge on any atom is 0.339 e. The van der Waals surface area contributed by atoms with Gasteiger partial charge in [0.15, 0.2) is 5.03 Å². The van der Waals surface area contributed by atoms with Crippen LogP contribution >= 0.6 is 23.4 Å². The number of hydrogen-bond donors (Lipinski definition) is 0. The number of ether oxygens (including phenoxy) is 1. The van der Waals surface area contributed by atoms with Gasteiger partial charge in [0.25, 0.3) is 0 Å². The van der Waals surface area contributed by atoms with Gasteiger partial charge in [-0.3, -0.25) is 10.1 Å². The first kappa shape index (κ1) is 15.3. The van der Waals surface area contributed by atoms with Crippen molar-refractivity contribution in [2.75, 3.05) is 7.11 Å². The fraction of sp³-hybridized carbons (Fsp3) is 0.0769. The number of esters is 1. The van der Waals surface area contributed by atoms with E-state index in [1.54, 1.807) is 24.3 Å². The fourth-order valence-corrected chi connectivity index (χ4v) is 2.68. The molecular weight excluding hydrogens is 316 g/mol. The Morgan fingerprint density at radius 1 is 1.43 bits per heavy atom. The van der Waals surface area contributed by atoms with Crippen molar-refractivity contribution in [3.63, 3.8) is 0 Å². The molecule has 108 valence electrons. The Morgan fingerprint density at radius 2 is 2.19 bits per heavy atom. The predicted octanol–water partition coefficient (Wildman–Crippen LogP) is 3.58. The van der Waals surface area contributed by atoms with Crippen molar-refractivity contribution in [2.24, 2.45) is 0 Å². The van der Waals surface area contributed by atoms with Gasteiger partial charge in [-0.25, -0.2) is 9.78 Å². The molecule has 1 aromatic carbocycles. The summed E-state index contributed by atoms with van der Waals surface area (Å²) in [6, 6.07) is 8.01. The van der Waals surface area contributed by atoms with Crippen LogP contribution in [0.2, 0.25) is 5.02 Å². The van der Waals surface area contributed by atoms with Crippen molar-refractivity contribution >= 4 is 35.0 Å². The summed E-state index contributed by atoms with van der Waals surface area (Å²) in [4.78, 5) is 26.6. The highest BCUT2D eigenvalue weighted by atomic mass is 35.5. The molecule has 0 atom stereocenters. The van der Waals surface area contributed by atoms with E-state index in [2.05, 4.69) is 9.72 Å². The van der Waals surface area contributed by atoms with Crippen molar-refractivity contribution in [3.8, 4) is 0 Å². The van der Waals surface area contributed by atoms with E-state index in [0.29, 0.717) is 9.92 Å². The molecule has 21 heavy (non-hydrogen) atoms. The number of aromatic nitrogens is 1. The third-order valence-electron chi connectivity index (χ3n) is 2.46. The highest BCUT2D eigenvalue weighted by molar-refractivity contribution is 7.99. The molecule has 0 spiro atoms. The number of benzene rings is 1. The zero-order chi connectivity index (χ0) is 15.4. The van der Waals surface area contributed by atoms with Crippen molar-refractivity contribution in [1.29, 1.82) is 0 Å². The van der Waals surface area contributed by atoms with Crippen LogP contribution in [0.1, 0.15) is 10.4 Å². The molecule has 0 N–H and O–H groups in total. The summed E-state index contributed by atoms with van der Waals surface area (Å²) in [5.74, 6) is -0.676. The Hall–Kier alpha value is -2.12. The van der Waals surface area contributed by atoms with Gasteiger partial charge in [0, 0.05) is 22.2 Å². The number of rotatable bonds is 4. The molecule has 0 saturated heterocycles. The van der Waals surface area contributed by atoms with Crippen LogP contribution in [-0.4, -0.2) is 23.0 Å². The van der Waals surface area contributed by atoms with Crippen molar-refractivity contribution < 1.29 is 14.5 Å². The number of methoxy groups -OCH3 is 1. The van der Waals surface area contributed by atoms with Gasteiger partial charge in [-0.05, 0) is 18.2 Å². The number of nitrogens with zero attached hydrogens (tertiary/aromatic N) is 2. The second-order valence-electron chi connectivity index (χ2n) is 3.86. The number of hydrogen-bond acceptors (Lipinski definition) is 6. The van der Waals surface area contributed by atoms with E-state index in [1.165, 1.54) is 13.3 Å². The molecule has 8 heteroatoms. The molecule has 0 bridgehead atoms. The van der Waals surface area contributed by atoms with Gasteiger partial charge in [0.2, 0.25) is 0 Å². The van der Waals surface area contributed by atoms with E-state index in [1.807, 2.05) is 0 Å². The van der Waals surface area contributed by atoms with Gasteiger partial charge in [0.1, 0.15) is 0 Å². The molecule has 0 aliphatic carbocycles. The van der Waals surface area contributed by atoms with Crippen LogP contribution in [0.4, 0.5) is 5.69 Å². The third kappa shape index (κ3) is 3.71. The molecule has 0 aliphatic heterocycles. The largest absolute Gasteiger partial charge is 0.465 e. The van der Waals surface area contributed by atoms with Gasteiger partial charge in [-0.15, -0.1) is 0 Å². The lowest BCUT2D eigenvalue weighted by Crippen LogP contribution is -2.04. The fourth-order valence-electron chi connectivity index (χ4n) is 1.52. The number of nitro groups is 1. The van der Waals surface area contributed by atoms with Crippen LogP contribution in [0.15, 0.2) is 46.5 Å². The van der Waals surface area contributed by atoms with Crippen LogP contribution in [0.25, 0.3) is 0 Å². The van der Waals surface area contributed by atoms with E-state index in [0.717, 1.165) is 17.8 Å². The van der Waals surface area contributed by atoms with Crippen LogP contribution in [0.5, 0.6) is 0 Å². The summed E-state index contributed by atoms with van der Waals surface area (Å²) in [6.45, 7) is 0. The van der Waals surface area contributed by atoms with E-state index >= 15 is 0 Å². The van der Waals surface area contributed by atoms with Crippen LogP contribution in [0.3, 0.4) is 0 Å². The Bertz CT molecular complexity index is 708. The van der Waals surface area contributed by atoms with Crippen LogP contribution in [0, 0.1) is 10.1 Å². The van der Waals surface area contributed by atoms with Gasteiger partial charge >= 0.3 is 11.7 Å². The average Bonchev–Trinajstić information content (AvgIpc) is 2.46. The van der Waals surface area contributed by atoms with Crippen molar-refractivity contribution in [2.45, 2.75) is 9.92 Å². The van der Waals surface area contributed by atoms with Crippen molar-refractivity contribution in [3.05, 3.63) is 57.2 Å². The Morgan fingerprint density at radius 3 is 2.81 bits per heavy atom. The minimum absolute atomic E-state index is 0.0274. The molecule has 0 aliphatic rings. The standard InChI is InChI=1S/C13H9ClN2O4S/c1-20-13(17)8-5-11(16(18)19)12(15-7-8)21-10-4-2-3-9(14)6-10/h2-7H,1H3. The van der Waals surface area contributed by atoms with E-state index < -0.39 is 10.9 Å². The lowest BCUT2D eigenvalue weighted by atomic mass is 10.3. The zero-order valence-corrected chi connectivity index (χ0v) is 12.4. The first-order chi connectivity index (χ1) is 10.0. The number of carbonyl (C=O) groups is 1. The smallest absolute Gasteiger partial charge is 0.339 e. The molecule has 0 fully saturated rings. The molecule has 6 nitrogen and oxygen atoms in total. The van der Waals surface area contributed by atoms with Gasteiger partial charge in [-0.2, -0.15) is 0 Å². The minimum Gasteiger partial charge on any atom is -0.465 e. The highest BCUT2D eigenvalue weighted by Crippen LogP contribution is 2.34. The third-order valence-corrected chi connectivity index (χ3v) is 3.69. The van der Waals surface area contributed by atoms with Gasteiger partial charge < -0.3 is 4.74 Å². The maximum atomic E-state index is 11.4. The summed E-state index contributed by atoms with van der Waals surface area (Å²) in [5, 5.41) is 11.8. The molecule has 0 saturated carbocycles. The summed E-state index contributed by atoms with van der Waals surface area (Å²) >= 11 is 6.97. The first-order valence-corrected chi connectivity index (χ1v) is 6.87. The van der Waals surface area contributed by atoms with E-state index in [9.17, 15) is 14.9 Å². The predicted molar refractivity (Wildman–Crippen MR) is 77.8 cm³/mol. The normalized spacial score (nSPS) is 10.2. The molecule has 0 radical (unpaired) electrons. The van der Waals surface area contributed by atoms with Crippen molar-refractivity contribution in [1.82, 2.24) is 4.98 Å². The molecule has 1 aromatic heterocycles. The molecule has 2 aromatic rings. The highest BCUT2D eigenvalue weighted by Gasteiger charge is 2.20. The molecule has 1 heterocycles.